The summed E-state index contributed by atoms with van der Waals surface area (Å²) in [6, 6.07) is -0.646. The van der Waals surface area contributed by atoms with Gasteiger partial charge in [-0.05, 0) is 32.1 Å². The first-order valence-corrected chi connectivity index (χ1v) is 25.0. The third-order valence-electron chi connectivity index (χ3n) is 11.6. The molecule has 2 atom stereocenters. The van der Waals surface area contributed by atoms with E-state index in [0.29, 0.717) is 19.4 Å². The first-order chi connectivity index (χ1) is 27.5. The molecular formula is C50H97NO5. The number of hydrogen-bond donors (Lipinski definition) is 3. The number of allylic oxidation sites excluding steroid dienone is 1. The number of unbranched alkanes of at least 4 members (excludes halogenated alkanes) is 35. The number of aliphatic hydroxyl groups excluding tert-OH is 2. The van der Waals surface area contributed by atoms with Crippen LogP contribution in [0, 0.1) is 0 Å². The molecule has 1 amide bonds. The average molecular weight is 792 g/mol. The van der Waals surface area contributed by atoms with Crippen molar-refractivity contribution >= 4 is 11.9 Å². The first-order valence-electron chi connectivity index (χ1n) is 25.0. The molecule has 0 aromatic carbocycles. The highest BCUT2D eigenvalue weighted by Gasteiger charge is 2.18. The molecule has 0 radical (unpaired) electrons. The Morgan fingerprint density at radius 2 is 0.821 bits per heavy atom. The molecule has 0 heterocycles. The number of carbonyl (C=O) groups excluding carboxylic acids is 2. The van der Waals surface area contributed by atoms with E-state index in [4.69, 9.17) is 4.74 Å². The summed E-state index contributed by atoms with van der Waals surface area (Å²) >= 11 is 0. The lowest BCUT2D eigenvalue weighted by Gasteiger charge is -2.20. The van der Waals surface area contributed by atoms with Gasteiger partial charge < -0.3 is 20.3 Å². The second kappa shape index (κ2) is 46.3. The van der Waals surface area contributed by atoms with Crippen LogP contribution >= 0.6 is 0 Å². The molecule has 0 fully saturated rings. The zero-order valence-electron chi connectivity index (χ0n) is 37.6. The van der Waals surface area contributed by atoms with E-state index >= 15 is 0 Å². The predicted molar refractivity (Wildman–Crippen MR) is 241 cm³/mol. The normalized spacial score (nSPS) is 12.7. The Kier molecular flexibility index (Phi) is 45.1. The van der Waals surface area contributed by atoms with Crippen molar-refractivity contribution in [1.29, 1.82) is 0 Å². The maximum atomic E-state index is 12.4. The highest BCUT2D eigenvalue weighted by molar-refractivity contribution is 5.76. The highest BCUT2D eigenvalue weighted by Crippen LogP contribution is 2.16. The number of rotatable bonds is 46. The molecule has 0 aromatic heterocycles. The van der Waals surface area contributed by atoms with Gasteiger partial charge in [0.1, 0.15) is 0 Å². The monoisotopic (exact) mass is 792 g/mol. The maximum absolute atomic E-state index is 12.4. The fourth-order valence-corrected chi connectivity index (χ4v) is 7.69. The van der Waals surface area contributed by atoms with Gasteiger partial charge in [0.05, 0.1) is 25.4 Å². The Morgan fingerprint density at radius 1 is 0.482 bits per heavy atom. The molecule has 56 heavy (non-hydrogen) atoms. The summed E-state index contributed by atoms with van der Waals surface area (Å²) in [6.45, 7) is 4.85. The van der Waals surface area contributed by atoms with E-state index in [9.17, 15) is 19.8 Å². The number of carbonyl (C=O) groups is 2. The smallest absolute Gasteiger partial charge is 0.305 e. The standard InChI is InChI=1S/C50H97NO5/c1-3-5-7-9-11-13-15-17-19-20-21-23-26-30-34-38-42-48(53)47(46-52)51-49(54)43-39-35-31-27-25-29-33-37-41-45-56-50(55)44-40-36-32-28-24-22-18-16-14-12-10-8-6-4-2/h38,42,47-48,52-53H,3-37,39-41,43-46H2,1-2H3,(H,51,54)/b42-38+. The Labute approximate surface area is 349 Å². The van der Waals surface area contributed by atoms with E-state index in [1.807, 2.05) is 6.08 Å². The first kappa shape index (κ1) is 54.6. The second-order valence-electron chi connectivity index (χ2n) is 17.2. The molecule has 0 aliphatic rings. The van der Waals surface area contributed by atoms with Crippen molar-refractivity contribution in [2.24, 2.45) is 0 Å². The van der Waals surface area contributed by atoms with Crippen molar-refractivity contribution in [3.8, 4) is 0 Å². The van der Waals surface area contributed by atoms with E-state index < -0.39 is 12.1 Å². The summed E-state index contributed by atoms with van der Waals surface area (Å²) in [5.74, 6) is -0.119. The Hall–Kier alpha value is -1.40. The van der Waals surface area contributed by atoms with Gasteiger partial charge in [-0.15, -0.1) is 0 Å². The van der Waals surface area contributed by atoms with Crippen LogP contribution in [-0.4, -0.2) is 47.4 Å². The third kappa shape index (κ3) is 42.2. The van der Waals surface area contributed by atoms with Crippen molar-refractivity contribution in [2.45, 2.75) is 283 Å². The molecule has 6 heteroatoms. The van der Waals surface area contributed by atoms with Crippen LogP contribution in [0.15, 0.2) is 12.2 Å². The van der Waals surface area contributed by atoms with Gasteiger partial charge in [-0.2, -0.15) is 0 Å². The van der Waals surface area contributed by atoms with Gasteiger partial charge in [0.25, 0.3) is 0 Å². The number of aliphatic hydroxyl groups is 2. The third-order valence-corrected chi connectivity index (χ3v) is 11.6. The van der Waals surface area contributed by atoms with Crippen molar-refractivity contribution in [3.63, 3.8) is 0 Å². The Morgan fingerprint density at radius 3 is 1.21 bits per heavy atom. The largest absolute Gasteiger partial charge is 0.466 e. The summed E-state index contributed by atoms with van der Waals surface area (Å²) in [5, 5.41) is 23.0. The summed E-state index contributed by atoms with van der Waals surface area (Å²) in [5.41, 5.74) is 0. The average Bonchev–Trinajstić information content (AvgIpc) is 3.20. The van der Waals surface area contributed by atoms with E-state index in [1.165, 1.54) is 186 Å². The zero-order chi connectivity index (χ0) is 40.8. The number of nitrogens with one attached hydrogen (secondary N) is 1. The van der Waals surface area contributed by atoms with Crippen molar-refractivity contribution < 1.29 is 24.5 Å². The van der Waals surface area contributed by atoms with Crippen LogP contribution in [0.25, 0.3) is 0 Å². The van der Waals surface area contributed by atoms with Crippen LogP contribution in [0.2, 0.25) is 0 Å². The highest BCUT2D eigenvalue weighted by atomic mass is 16.5. The fourth-order valence-electron chi connectivity index (χ4n) is 7.69. The van der Waals surface area contributed by atoms with E-state index in [1.54, 1.807) is 6.08 Å². The van der Waals surface area contributed by atoms with Crippen LogP contribution in [0.4, 0.5) is 0 Å². The van der Waals surface area contributed by atoms with Crippen molar-refractivity contribution in [3.05, 3.63) is 12.2 Å². The summed E-state index contributed by atoms with van der Waals surface area (Å²) < 4.78 is 5.45. The van der Waals surface area contributed by atoms with Gasteiger partial charge in [-0.25, -0.2) is 0 Å². The maximum Gasteiger partial charge on any atom is 0.305 e. The minimum Gasteiger partial charge on any atom is -0.466 e. The van der Waals surface area contributed by atoms with Gasteiger partial charge in [0, 0.05) is 12.8 Å². The lowest BCUT2D eigenvalue weighted by Crippen LogP contribution is -2.45. The van der Waals surface area contributed by atoms with Crippen LogP contribution in [0.3, 0.4) is 0 Å². The molecule has 0 aliphatic carbocycles. The zero-order valence-corrected chi connectivity index (χ0v) is 37.6. The van der Waals surface area contributed by atoms with E-state index in [-0.39, 0.29) is 18.5 Å². The van der Waals surface area contributed by atoms with E-state index in [0.717, 1.165) is 57.8 Å². The lowest BCUT2D eigenvalue weighted by atomic mass is 10.0. The van der Waals surface area contributed by atoms with Crippen molar-refractivity contribution in [2.75, 3.05) is 13.2 Å². The summed E-state index contributed by atoms with van der Waals surface area (Å²) in [7, 11) is 0. The summed E-state index contributed by atoms with van der Waals surface area (Å²) in [4.78, 5) is 24.4. The van der Waals surface area contributed by atoms with Crippen molar-refractivity contribution in [1.82, 2.24) is 5.32 Å². The van der Waals surface area contributed by atoms with Crippen LogP contribution in [0.1, 0.15) is 271 Å². The van der Waals surface area contributed by atoms with Gasteiger partial charge in [-0.1, -0.05) is 238 Å². The minimum atomic E-state index is -0.860. The molecule has 0 saturated carbocycles. The fraction of sp³-hybridized carbons (Fsp3) is 0.920. The molecule has 2 unspecified atom stereocenters. The van der Waals surface area contributed by atoms with Gasteiger partial charge in [0.15, 0.2) is 0 Å². The molecule has 0 saturated heterocycles. The molecule has 332 valence electrons. The number of esters is 1. The molecule has 0 spiro atoms. The molecule has 0 aromatic rings. The van der Waals surface area contributed by atoms with Crippen LogP contribution in [0.5, 0.6) is 0 Å². The van der Waals surface area contributed by atoms with Crippen LogP contribution < -0.4 is 5.32 Å². The number of amides is 1. The van der Waals surface area contributed by atoms with E-state index in [2.05, 4.69) is 19.2 Å². The van der Waals surface area contributed by atoms with Gasteiger partial charge >= 0.3 is 5.97 Å². The van der Waals surface area contributed by atoms with Gasteiger partial charge in [-0.3, -0.25) is 9.59 Å². The molecule has 6 nitrogen and oxygen atoms in total. The lowest BCUT2D eigenvalue weighted by molar-refractivity contribution is -0.143. The minimum absolute atomic E-state index is 0.0249. The number of hydrogen-bond acceptors (Lipinski definition) is 5. The number of ether oxygens (including phenoxy) is 1. The molecular weight excluding hydrogens is 695 g/mol. The van der Waals surface area contributed by atoms with Crippen LogP contribution in [-0.2, 0) is 14.3 Å². The molecule has 0 bridgehead atoms. The van der Waals surface area contributed by atoms with Gasteiger partial charge in [0.2, 0.25) is 5.91 Å². The molecule has 3 N–H and O–H groups in total. The second-order valence-corrected chi connectivity index (χ2v) is 17.2. The predicted octanol–water partition coefficient (Wildman–Crippen LogP) is 14.6. The Bertz CT molecular complexity index is 832. The Balaban J connectivity index is 3.52. The molecule has 0 aliphatic heterocycles. The quantitative estimate of drug-likeness (QED) is 0.0324. The molecule has 0 rings (SSSR count). The summed E-state index contributed by atoms with van der Waals surface area (Å²) in [6.07, 6.45) is 52.0. The topological polar surface area (TPSA) is 95.9 Å². The SMILES string of the molecule is CCCCCCCCCCCCCCCC/C=C/C(O)C(CO)NC(=O)CCCCCCCCCCCOC(=O)CCCCCCCCCCCCCCCC.